The van der Waals surface area contributed by atoms with Gasteiger partial charge in [-0.05, 0) is 51.7 Å². The SMILES string of the molecule is CCNCCCCCCN(C)CCc1ccccn1. The number of nitrogens with one attached hydrogen (secondary N) is 1. The molecular weight excluding hydrogens is 234 g/mol. The van der Waals surface area contributed by atoms with Crippen LogP contribution in [-0.4, -0.2) is 43.1 Å². The minimum atomic E-state index is 1.05. The summed E-state index contributed by atoms with van der Waals surface area (Å²) < 4.78 is 0. The smallest absolute Gasteiger partial charge is 0.0416 e. The lowest BCUT2D eigenvalue weighted by Gasteiger charge is -2.16. The number of unbranched alkanes of at least 4 members (excludes halogenated alkanes) is 3. The van der Waals surface area contributed by atoms with E-state index >= 15 is 0 Å². The van der Waals surface area contributed by atoms with E-state index in [0.29, 0.717) is 0 Å². The lowest BCUT2D eigenvalue weighted by molar-refractivity contribution is 0.326. The minimum absolute atomic E-state index is 1.05. The van der Waals surface area contributed by atoms with Crippen LogP contribution in [0.3, 0.4) is 0 Å². The molecule has 0 unspecified atom stereocenters. The Bertz CT molecular complexity index is 300. The molecule has 0 atom stereocenters. The number of aromatic nitrogens is 1. The largest absolute Gasteiger partial charge is 0.317 e. The second kappa shape index (κ2) is 10.9. The molecule has 0 aliphatic carbocycles. The Morgan fingerprint density at radius 3 is 2.68 bits per heavy atom. The third-order valence-electron chi connectivity index (χ3n) is 3.37. The van der Waals surface area contributed by atoms with Gasteiger partial charge in [-0.3, -0.25) is 4.98 Å². The van der Waals surface area contributed by atoms with Gasteiger partial charge in [0.25, 0.3) is 0 Å². The molecule has 0 spiro atoms. The molecule has 19 heavy (non-hydrogen) atoms. The minimum Gasteiger partial charge on any atom is -0.317 e. The van der Waals surface area contributed by atoms with Gasteiger partial charge in [0.1, 0.15) is 0 Å². The summed E-state index contributed by atoms with van der Waals surface area (Å²) in [6.07, 6.45) is 8.24. The van der Waals surface area contributed by atoms with Crippen LogP contribution < -0.4 is 5.32 Å². The zero-order valence-electron chi connectivity index (χ0n) is 12.6. The van der Waals surface area contributed by atoms with E-state index in [1.54, 1.807) is 0 Å². The number of pyridine rings is 1. The van der Waals surface area contributed by atoms with Crippen LogP contribution in [0.1, 0.15) is 38.3 Å². The first kappa shape index (κ1) is 16.1. The number of likely N-dealkylation sites (N-methyl/N-ethyl adjacent to an activating group) is 1. The molecule has 0 radical (unpaired) electrons. The molecule has 0 aliphatic rings. The van der Waals surface area contributed by atoms with Crippen LogP contribution in [0.15, 0.2) is 24.4 Å². The van der Waals surface area contributed by atoms with Gasteiger partial charge in [-0.15, -0.1) is 0 Å². The van der Waals surface area contributed by atoms with Crippen LogP contribution in [0.2, 0.25) is 0 Å². The van der Waals surface area contributed by atoms with Gasteiger partial charge in [-0.25, -0.2) is 0 Å². The molecule has 0 aromatic carbocycles. The molecule has 0 aliphatic heterocycles. The van der Waals surface area contributed by atoms with Crippen LogP contribution in [0.25, 0.3) is 0 Å². The van der Waals surface area contributed by atoms with E-state index in [1.807, 2.05) is 12.3 Å². The van der Waals surface area contributed by atoms with Gasteiger partial charge in [0.15, 0.2) is 0 Å². The number of nitrogens with zero attached hydrogens (tertiary/aromatic N) is 2. The van der Waals surface area contributed by atoms with E-state index in [1.165, 1.54) is 44.5 Å². The third kappa shape index (κ3) is 8.73. The Morgan fingerprint density at radius 2 is 1.95 bits per heavy atom. The first-order chi connectivity index (χ1) is 9.33. The van der Waals surface area contributed by atoms with Crippen molar-refractivity contribution in [2.45, 2.75) is 39.0 Å². The normalized spacial score (nSPS) is 11.1. The summed E-state index contributed by atoms with van der Waals surface area (Å²) in [7, 11) is 2.21. The molecular formula is C16H29N3. The standard InChI is InChI=1S/C16H29N3/c1-3-17-12-7-4-5-9-14-19(2)15-11-16-10-6-8-13-18-16/h6,8,10,13,17H,3-5,7,9,11-12,14-15H2,1-2H3. The summed E-state index contributed by atoms with van der Waals surface area (Å²) in [5, 5.41) is 3.37. The summed E-state index contributed by atoms with van der Waals surface area (Å²) in [6.45, 7) is 6.74. The summed E-state index contributed by atoms with van der Waals surface area (Å²) in [5.74, 6) is 0. The van der Waals surface area contributed by atoms with Gasteiger partial charge in [-0.1, -0.05) is 25.8 Å². The highest BCUT2D eigenvalue weighted by Gasteiger charge is 2.00. The summed E-state index contributed by atoms with van der Waals surface area (Å²) in [6, 6.07) is 6.14. The molecule has 1 heterocycles. The quantitative estimate of drug-likeness (QED) is 0.622. The maximum absolute atomic E-state index is 4.36. The topological polar surface area (TPSA) is 28.2 Å². The van der Waals surface area contributed by atoms with Crippen molar-refractivity contribution in [1.29, 1.82) is 0 Å². The lowest BCUT2D eigenvalue weighted by Crippen LogP contribution is -2.22. The van der Waals surface area contributed by atoms with Crippen LogP contribution in [0, 0.1) is 0 Å². The van der Waals surface area contributed by atoms with Crippen molar-refractivity contribution < 1.29 is 0 Å². The average Bonchev–Trinajstić information content (AvgIpc) is 2.45. The van der Waals surface area contributed by atoms with Crippen LogP contribution in [-0.2, 0) is 6.42 Å². The zero-order chi connectivity index (χ0) is 13.8. The lowest BCUT2D eigenvalue weighted by atomic mass is 10.2. The molecule has 0 bridgehead atoms. The van der Waals surface area contributed by atoms with E-state index in [0.717, 1.165) is 19.5 Å². The Labute approximate surface area is 118 Å². The van der Waals surface area contributed by atoms with E-state index < -0.39 is 0 Å². The van der Waals surface area contributed by atoms with Gasteiger partial charge in [0.2, 0.25) is 0 Å². The molecule has 108 valence electrons. The highest BCUT2D eigenvalue weighted by atomic mass is 15.1. The van der Waals surface area contributed by atoms with Crippen molar-refractivity contribution in [1.82, 2.24) is 15.2 Å². The third-order valence-corrected chi connectivity index (χ3v) is 3.37. The molecule has 0 saturated heterocycles. The Kier molecular flexibility index (Phi) is 9.29. The second-order valence-electron chi connectivity index (χ2n) is 5.14. The number of hydrogen-bond acceptors (Lipinski definition) is 3. The molecule has 1 N–H and O–H groups in total. The van der Waals surface area contributed by atoms with E-state index in [-0.39, 0.29) is 0 Å². The van der Waals surface area contributed by atoms with Gasteiger partial charge in [0, 0.05) is 24.9 Å². The van der Waals surface area contributed by atoms with Gasteiger partial charge in [-0.2, -0.15) is 0 Å². The van der Waals surface area contributed by atoms with E-state index in [4.69, 9.17) is 0 Å². The Hall–Kier alpha value is -0.930. The van der Waals surface area contributed by atoms with Crippen LogP contribution in [0.4, 0.5) is 0 Å². The molecule has 1 rings (SSSR count). The Balaban J connectivity index is 1.95. The van der Waals surface area contributed by atoms with Crippen molar-refractivity contribution in [3.63, 3.8) is 0 Å². The molecule has 0 saturated carbocycles. The first-order valence-corrected chi connectivity index (χ1v) is 7.62. The van der Waals surface area contributed by atoms with Gasteiger partial charge >= 0.3 is 0 Å². The molecule has 0 amide bonds. The van der Waals surface area contributed by atoms with Crippen molar-refractivity contribution >= 4 is 0 Å². The highest BCUT2D eigenvalue weighted by Crippen LogP contribution is 2.02. The fourth-order valence-corrected chi connectivity index (χ4v) is 2.13. The average molecular weight is 263 g/mol. The van der Waals surface area contributed by atoms with Gasteiger partial charge in [0.05, 0.1) is 0 Å². The summed E-state index contributed by atoms with van der Waals surface area (Å²) >= 11 is 0. The van der Waals surface area contributed by atoms with Gasteiger partial charge < -0.3 is 10.2 Å². The maximum Gasteiger partial charge on any atom is 0.0416 e. The first-order valence-electron chi connectivity index (χ1n) is 7.62. The molecule has 3 nitrogen and oxygen atoms in total. The second-order valence-corrected chi connectivity index (χ2v) is 5.14. The number of rotatable bonds is 11. The van der Waals surface area contributed by atoms with Crippen molar-refractivity contribution in [2.24, 2.45) is 0 Å². The van der Waals surface area contributed by atoms with Crippen LogP contribution >= 0.6 is 0 Å². The van der Waals surface area contributed by atoms with E-state index in [2.05, 4.69) is 41.3 Å². The molecule has 3 heteroatoms. The summed E-state index contributed by atoms with van der Waals surface area (Å²) in [5.41, 5.74) is 1.19. The molecule has 1 aromatic rings. The zero-order valence-corrected chi connectivity index (χ0v) is 12.6. The predicted molar refractivity (Wildman–Crippen MR) is 82.4 cm³/mol. The molecule has 0 fully saturated rings. The summed E-state index contributed by atoms with van der Waals surface area (Å²) in [4.78, 5) is 6.77. The maximum atomic E-state index is 4.36. The highest BCUT2D eigenvalue weighted by molar-refractivity contribution is 5.03. The van der Waals surface area contributed by atoms with Crippen molar-refractivity contribution in [2.75, 3.05) is 33.2 Å². The number of hydrogen-bond donors (Lipinski definition) is 1. The Morgan fingerprint density at radius 1 is 1.11 bits per heavy atom. The fourth-order valence-electron chi connectivity index (χ4n) is 2.13. The van der Waals surface area contributed by atoms with E-state index in [9.17, 15) is 0 Å². The predicted octanol–water partition coefficient (Wildman–Crippen LogP) is 2.73. The van der Waals surface area contributed by atoms with Crippen molar-refractivity contribution in [3.05, 3.63) is 30.1 Å². The fraction of sp³-hybridized carbons (Fsp3) is 0.688. The van der Waals surface area contributed by atoms with Crippen molar-refractivity contribution in [3.8, 4) is 0 Å². The monoisotopic (exact) mass is 263 g/mol. The van der Waals surface area contributed by atoms with Crippen LogP contribution in [0.5, 0.6) is 0 Å². The molecule has 1 aromatic heterocycles.